The molecule has 0 radical (unpaired) electrons. The van der Waals surface area contributed by atoms with Gasteiger partial charge in [0.1, 0.15) is 0 Å². The molecule has 0 aliphatic carbocycles. The summed E-state index contributed by atoms with van der Waals surface area (Å²) in [7, 11) is 5.72. The van der Waals surface area contributed by atoms with Crippen molar-refractivity contribution in [2.24, 2.45) is 4.99 Å². The molecule has 1 aromatic carbocycles. The molecule has 1 rings (SSSR count). The molecule has 7 heteroatoms. The van der Waals surface area contributed by atoms with Crippen LogP contribution in [-0.2, 0) is 11.3 Å². The predicted octanol–water partition coefficient (Wildman–Crippen LogP) is 1.85. The molecule has 1 aromatic rings. The number of aliphatic imine (C=N–C) groups is 1. The summed E-state index contributed by atoms with van der Waals surface area (Å²) in [6.07, 6.45) is 3.21. The van der Waals surface area contributed by atoms with Crippen LogP contribution >= 0.6 is 0 Å². The van der Waals surface area contributed by atoms with Crippen LogP contribution in [0.5, 0.6) is 0 Å². The molecule has 0 saturated heterocycles. The fourth-order valence-electron chi connectivity index (χ4n) is 2.45. The first kappa shape index (κ1) is 23.9. The Hall–Kier alpha value is -2.12. The number of hydrogen-bond donors (Lipinski definition) is 3. The lowest BCUT2D eigenvalue weighted by atomic mass is 10.1. The summed E-state index contributed by atoms with van der Waals surface area (Å²) in [5.41, 5.74) is 1.70. The highest BCUT2D eigenvalue weighted by atomic mass is 16.5. The zero-order chi connectivity index (χ0) is 20.6. The number of ether oxygens (including phenoxy) is 1. The quantitative estimate of drug-likeness (QED) is 0.272. The third-order valence-corrected chi connectivity index (χ3v) is 4.12. The fourth-order valence-corrected chi connectivity index (χ4v) is 2.45. The Balaban J connectivity index is 2.35. The molecular formula is C21H37N5O2. The maximum Gasteiger partial charge on any atom is 0.251 e. The van der Waals surface area contributed by atoms with Gasteiger partial charge in [-0.25, -0.2) is 0 Å². The van der Waals surface area contributed by atoms with Gasteiger partial charge in [-0.05, 0) is 44.6 Å². The molecule has 28 heavy (non-hydrogen) atoms. The number of carbonyl (C=O) groups is 1. The van der Waals surface area contributed by atoms with E-state index in [-0.39, 0.29) is 5.91 Å². The Labute approximate surface area is 169 Å². The number of unbranched alkanes of at least 4 members (excludes halogenated alkanes) is 1. The molecule has 0 spiro atoms. The van der Waals surface area contributed by atoms with Crippen molar-refractivity contribution in [2.45, 2.75) is 32.7 Å². The second kappa shape index (κ2) is 14.9. The smallest absolute Gasteiger partial charge is 0.251 e. The van der Waals surface area contributed by atoms with E-state index in [0.717, 1.165) is 57.1 Å². The number of nitrogens with zero attached hydrogens (tertiary/aromatic N) is 2. The Morgan fingerprint density at radius 3 is 2.61 bits per heavy atom. The molecule has 0 saturated carbocycles. The van der Waals surface area contributed by atoms with Gasteiger partial charge in [-0.2, -0.15) is 0 Å². The SMILES string of the molecule is CCCCOCCCNC(=NC)NCc1cccc(C(=O)NCCN(C)C)c1. The van der Waals surface area contributed by atoms with Crippen LogP contribution in [0.3, 0.4) is 0 Å². The van der Waals surface area contributed by atoms with Crippen molar-refractivity contribution in [3.05, 3.63) is 35.4 Å². The molecule has 1 amide bonds. The van der Waals surface area contributed by atoms with Crippen molar-refractivity contribution >= 4 is 11.9 Å². The second-order valence-corrected chi connectivity index (χ2v) is 6.93. The maximum atomic E-state index is 12.2. The molecular weight excluding hydrogens is 354 g/mol. The van der Waals surface area contributed by atoms with Gasteiger partial charge in [0, 0.05) is 52.0 Å². The number of amides is 1. The zero-order valence-electron chi connectivity index (χ0n) is 17.9. The molecule has 0 aliphatic heterocycles. The first-order valence-corrected chi connectivity index (χ1v) is 10.1. The second-order valence-electron chi connectivity index (χ2n) is 6.93. The minimum atomic E-state index is -0.0470. The fraction of sp³-hybridized carbons (Fsp3) is 0.619. The van der Waals surface area contributed by atoms with E-state index in [1.165, 1.54) is 0 Å². The monoisotopic (exact) mass is 391 g/mol. The van der Waals surface area contributed by atoms with Crippen molar-refractivity contribution < 1.29 is 9.53 Å². The van der Waals surface area contributed by atoms with Gasteiger partial charge in [-0.3, -0.25) is 9.79 Å². The molecule has 0 heterocycles. The highest BCUT2D eigenvalue weighted by Gasteiger charge is 2.06. The lowest BCUT2D eigenvalue weighted by Crippen LogP contribution is -2.37. The predicted molar refractivity (Wildman–Crippen MR) is 116 cm³/mol. The molecule has 7 nitrogen and oxygen atoms in total. The number of carbonyl (C=O) groups excluding carboxylic acids is 1. The third-order valence-electron chi connectivity index (χ3n) is 4.12. The number of guanidine groups is 1. The van der Waals surface area contributed by atoms with E-state index < -0.39 is 0 Å². The van der Waals surface area contributed by atoms with Gasteiger partial charge in [0.15, 0.2) is 5.96 Å². The van der Waals surface area contributed by atoms with Crippen LogP contribution in [0.25, 0.3) is 0 Å². The highest BCUT2D eigenvalue weighted by Crippen LogP contribution is 2.05. The largest absolute Gasteiger partial charge is 0.381 e. The van der Waals surface area contributed by atoms with Crippen molar-refractivity contribution in [2.75, 3.05) is 54.0 Å². The zero-order valence-corrected chi connectivity index (χ0v) is 17.9. The van der Waals surface area contributed by atoms with Crippen molar-refractivity contribution in [1.82, 2.24) is 20.9 Å². The molecule has 0 fully saturated rings. The topological polar surface area (TPSA) is 78.0 Å². The molecule has 3 N–H and O–H groups in total. The van der Waals surface area contributed by atoms with Crippen LogP contribution < -0.4 is 16.0 Å². The van der Waals surface area contributed by atoms with Crippen molar-refractivity contribution in [3.8, 4) is 0 Å². The molecule has 0 bridgehead atoms. The Morgan fingerprint density at radius 2 is 1.89 bits per heavy atom. The average Bonchev–Trinajstić information content (AvgIpc) is 2.69. The summed E-state index contributed by atoms with van der Waals surface area (Å²) in [5.74, 6) is 0.698. The van der Waals surface area contributed by atoms with E-state index in [0.29, 0.717) is 18.7 Å². The molecule has 0 atom stereocenters. The average molecular weight is 392 g/mol. The minimum Gasteiger partial charge on any atom is -0.381 e. The third kappa shape index (κ3) is 10.9. The number of rotatable bonds is 13. The van der Waals surface area contributed by atoms with Crippen LogP contribution in [0.15, 0.2) is 29.3 Å². The number of nitrogens with one attached hydrogen (secondary N) is 3. The maximum absolute atomic E-state index is 12.2. The summed E-state index contributed by atoms with van der Waals surface area (Å²) in [6.45, 7) is 6.61. The summed E-state index contributed by atoms with van der Waals surface area (Å²) in [6, 6.07) is 7.65. The minimum absolute atomic E-state index is 0.0470. The van der Waals surface area contributed by atoms with Gasteiger partial charge in [-0.15, -0.1) is 0 Å². The van der Waals surface area contributed by atoms with Crippen LogP contribution in [0.1, 0.15) is 42.1 Å². The van der Waals surface area contributed by atoms with E-state index in [2.05, 4.69) is 27.9 Å². The first-order chi connectivity index (χ1) is 13.6. The molecule has 0 aliphatic rings. The molecule has 158 valence electrons. The van der Waals surface area contributed by atoms with E-state index in [9.17, 15) is 4.79 Å². The lowest BCUT2D eigenvalue weighted by molar-refractivity contribution is 0.0951. The lowest BCUT2D eigenvalue weighted by Gasteiger charge is -2.13. The van der Waals surface area contributed by atoms with Crippen molar-refractivity contribution in [3.63, 3.8) is 0 Å². The van der Waals surface area contributed by atoms with Gasteiger partial charge in [-0.1, -0.05) is 25.5 Å². The van der Waals surface area contributed by atoms with E-state index in [4.69, 9.17) is 4.74 Å². The number of likely N-dealkylation sites (N-methyl/N-ethyl adjacent to an activating group) is 1. The van der Waals surface area contributed by atoms with E-state index in [1.54, 1.807) is 7.05 Å². The molecule has 0 aromatic heterocycles. The van der Waals surface area contributed by atoms with Crippen LogP contribution in [-0.4, -0.2) is 70.8 Å². The summed E-state index contributed by atoms with van der Waals surface area (Å²) in [5, 5.41) is 9.50. The highest BCUT2D eigenvalue weighted by molar-refractivity contribution is 5.94. The van der Waals surface area contributed by atoms with Gasteiger partial charge < -0.3 is 25.6 Å². The van der Waals surface area contributed by atoms with E-state index in [1.807, 2.05) is 43.3 Å². The Morgan fingerprint density at radius 1 is 1.11 bits per heavy atom. The number of hydrogen-bond acceptors (Lipinski definition) is 4. The van der Waals surface area contributed by atoms with Crippen LogP contribution in [0.4, 0.5) is 0 Å². The number of benzene rings is 1. The molecule has 0 unspecified atom stereocenters. The van der Waals surface area contributed by atoms with E-state index >= 15 is 0 Å². The van der Waals surface area contributed by atoms with Gasteiger partial charge in [0.2, 0.25) is 0 Å². The van der Waals surface area contributed by atoms with Gasteiger partial charge >= 0.3 is 0 Å². The first-order valence-electron chi connectivity index (χ1n) is 10.1. The normalized spacial score (nSPS) is 11.5. The summed E-state index contributed by atoms with van der Waals surface area (Å²) < 4.78 is 5.55. The Bertz CT molecular complexity index is 590. The summed E-state index contributed by atoms with van der Waals surface area (Å²) in [4.78, 5) is 18.5. The van der Waals surface area contributed by atoms with Crippen LogP contribution in [0.2, 0.25) is 0 Å². The summed E-state index contributed by atoms with van der Waals surface area (Å²) >= 11 is 0. The van der Waals surface area contributed by atoms with Gasteiger partial charge in [0.05, 0.1) is 0 Å². The Kier molecular flexibility index (Phi) is 12.7. The van der Waals surface area contributed by atoms with Crippen LogP contribution in [0, 0.1) is 0 Å². The standard InChI is InChI=1S/C21H37N5O2/c1-5-6-14-28-15-8-11-24-21(22-2)25-17-18-9-7-10-19(16-18)20(27)23-12-13-26(3)4/h7,9-10,16H,5-6,8,11-15,17H2,1-4H3,(H,23,27)(H2,22,24,25). The van der Waals surface area contributed by atoms with Crippen molar-refractivity contribution in [1.29, 1.82) is 0 Å². The van der Waals surface area contributed by atoms with Gasteiger partial charge in [0.25, 0.3) is 5.91 Å².